The molecule has 1 aromatic rings. The van der Waals surface area contributed by atoms with E-state index < -0.39 is 0 Å². The van der Waals surface area contributed by atoms with Crippen LogP contribution in [-0.4, -0.2) is 6.29 Å². The lowest BCUT2D eigenvalue weighted by Gasteiger charge is -1.93. The Balaban J connectivity index is 2.83. The molecule has 0 aromatic carbocycles. The Kier molecular flexibility index (Phi) is 3.74. The van der Waals surface area contributed by atoms with Crippen LogP contribution in [0.3, 0.4) is 0 Å². The topological polar surface area (TPSA) is 30.2 Å². The average molecular weight is 180 g/mol. The van der Waals surface area contributed by atoms with Gasteiger partial charge in [0.05, 0.1) is 5.56 Å². The first-order valence-electron chi connectivity index (χ1n) is 4.88. The SMILES string of the molecule is CCCc1cc(C=O)c(CCC)o1. The minimum absolute atomic E-state index is 0.727. The van der Waals surface area contributed by atoms with Crippen molar-refractivity contribution in [1.29, 1.82) is 0 Å². The second-order valence-electron chi connectivity index (χ2n) is 3.21. The third kappa shape index (κ3) is 2.44. The third-order valence-electron chi connectivity index (χ3n) is 1.99. The van der Waals surface area contributed by atoms with Gasteiger partial charge in [0.2, 0.25) is 0 Å². The highest BCUT2D eigenvalue weighted by Crippen LogP contribution is 2.16. The van der Waals surface area contributed by atoms with Crippen LogP contribution in [0.5, 0.6) is 0 Å². The second-order valence-corrected chi connectivity index (χ2v) is 3.21. The molecule has 1 heterocycles. The maximum absolute atomic E-state index is 10.7. The van der Waals surface area contributed by atoms with Crippen molar-refractivity contribution in [1.82, 2.24) is 0 Å². The Hall–Kier alpha value is -1.05. The lowest BCUT2D eigenvalue weighted by atomic mass is 10.2. The summed E-state index contributed by atoms with van der Waals surface area (Å²) >= 11 is 0. The maximum atomic E-state index is 10.7. The molecule has 0 aliphatic rings. The van der Waals surface area contributed by atoms with Crippen LogP contribution in [-0.2, 0) is 12.8 Å². The van der Waals surface area contributed by atoms with E-state index in [-0.39, 0.29) is 0 Å². The Morgan fingerprint density at radius 2 is 2.00 bits per heavy atom. The van der Waals surface area contributed by atoms with E-state index in [9.17, 15) is 4.79 Å². The predicted molar refractivity (Wildman–Crippen MR) is 52.1 cm³/mol. The smallest absolute Gasteiger partial charge is 0.153 e. The van der Waals surface area contributed by atoms with Gasteiger partial charge in [-0.25, -0.2) is 0 Å². The molecule has 0 bridgehead atoms. The molecule has 0 aliphatic heterocycles. The second kappa shape index (κ2) is 4.85. The van der Waals surface area contributed by atoms with E-state index in [2.05, 4.69) is 13.8 Å². The summed E-state index contributed by atoms with van der Waals surface area (Å²) in [6, 6.07) is 1.86. The van der Waals surface area contributed by atoms with E-state index in [1.54, 1.807) is 0 Å². The van der Waals surface area contributed by atoms with Crippen molar-refractivity contribution in [3.05, 3.63) is 23.2 Å². The fraction of sp³-hybridized carbons (Fsp3) is 0.545. The van der Waals surface area contributed by atoms with Crippen molar-refractivity contribution in [3.8, 4) is 0 Å². The lowest BCUT2D eigenvalue weighted by Crippen LogP contribution is -1.84. The van der Waals surface area contributed by atoms with Crippen molar-refractivity contribution < 1.29 is 9.21 Å². The van der Waals surface area contributed by atoms with E-state index in [1.807, 2.05) is 6.07 Å². The molecule has 1 rings (SSSR count). The first-order valence-corrected chi connectivity index (χ1v) is 4.88. The fourth-order valence-electron chi connectivity index (χ4n) is 1.39. The van der Waals surface area contributed by atoms with Crippen LogP contribution in [0.2, 0.25) is 0 Å². The highest BCUT2D eigenvalue weighted by molar-refractivity contribution is 5.76. The molecule has 0 spiro atoms. The van der Waals surface area contributed by atoms with Crippen LogP contribution >= 0.6 is 0 Å². The predicted octanol–water partition coefficient (Wildman–Crippen LogP) is 3.00. The number of hydrogen-bond donors (Lipinski definition) is 0. The van der Waals surface area contributed by atoms with Gasteiger partial charge in [0.25, 0.3) is 0 Å². The Bertz CT molecular complexity index is 274. The third-order valence-corrected chi connectivity index (χ3v) is 1.99. The Labute approximate surface area is 78.9 Å². The van der Waals surface area contributed by atoms with E-state index >= 15 is 0 Å². The van der Waals surface area contributed by atoms with Gasteiger partial charge < -0.3 is 4.42 Å². The molecule has 2 nitrogen and oxygen atoms in total. The van der Waals surface area contributed by atoms with Crippen LogP contribution in [0, 0.1) is 0 Å². The van der Waals surface area contributed by atoms with Gasteiger partial charge >= 0.3 is 0 Å². The van der Waals surface area contributed by atoms with Gasteiger partial charge in [-0.05, 0) is 18.9 Å². The van der Waals surface area contributed by atoms with Gasteiger partial charge in [0.1, 0.15) is 11.5 Å². The number of aryl methyl sites for hydroxylation is 2. The molecule has 0 aliphatic carbocycles. The summed E-state index contributed by atoms with van der Waals surface area (Å²) in [5.74, 6) is 1.79. The average Bonchev–Trinajstić information content (AvgIpc) is 2.49. The van der Waals surface area contributed by atoms with Crippen molar-refractivity contribution in [2.45, 2.75) is 39.5 Å². The summed E-state index contributed by atoms with van der Waals surface area (Å²) in [5.41, 5.74) is 0.727. The van der Waals surface area contributed by atoms with E-state index in [4.69, 9.17) is 4.42 Å². The number of carbonyl (C=O) groups is 1. The van der Waals surface area contributed by atoms with Crippen LogP contribution < -0.4 is 0 Å². The van der Waals surface area contributed by atoms with Crippen LogP contribution in [0.1, 0.15) is 48.6 Å². The maximum Gasteiger partial charge on any atom is 0.153 e. The van der Waals surface area contributed by atoms with Gasteiger partial charge in [0.15, 0.2) is 6.29 Å². The van der Waals surface area contributed by atoms with Gasteiger partial charge in [-0.15, -0.1) is 0 Å². The molecule has 2 heteroatoms. The minimum atomic E-state index is 0.727. The summed E-state index contributed by atoms with van der Waals surface area (Å²) in [7, 11) is 0. The first-order chi connectivity index (χ1) is 6.31. The summed E-state index contributed by atoms with van der Waals surface area (Å²) in [4.78, 5) is 10.7. The monoisotopic (exact) mass is 180 g/mol. The Morgan fingerprint density at radius 1 is 1.31 bits per heavy atom. The molecule has 0 amide bonds. The van der Waals surface area contributed by atoms with Gasteiger partial charge in [-0.2, -0.15) is 0 Å². The number of carbonyl (C=O) groups excluding carboxylic acids is 1. The number of hydrogen-bond acceptors (Lipinski definition) is 2. The van der Waals surface area contributed by atoms with Crippen LogP contribution in [0.4, 0.5) is 0 Å². The summed E-state index contributed by atoms with van der Waals surface area (Å²) in [6.07, 6.45) is 4.73. The van der Waals surface area contributed by atoms with Crippen LogP contribution in [0.25, 0.3) is 0 Å². The number of rotatable bonds is 5. The summed E-state index contributed by atoms with van der Waals surface area (Å²) in [5, 5.41) is 0. The Morgan fingerprint density at radius 3 is 2.54 bits per heavy atom. The standard InChI is InChI=1S/C11H16O2/c1-3-5-10-7-9(8-12)11(13-10)6-4-2/h7-8H,3-6H2,1-2H3. The zero-order valence-corrected chi connectivity index (χ0v) is 8.30. The van der Waals surface area contributed by atoms with Crippen LogP contribution in [0.15, 0.2) is 10.5 Å². The molecule has 0 saturated heterocycles. The molecular weight excluding hydrogens is 164 g/mol. The molecule has 0 radical (unpaired) electrons. The molecule has 13 heavy (non-hydrogen) atoms. The zero-order valence-electron chi connectivity index (χ0n) is 8.30. The van der Waals surface area contributed by atoms with Gasteiger partial charge in [-0.1, -0.05) is 13.8 Å². The van der Waals surface area contributed by atoms with Gasteiger partial charge in [-0.3, -0.25) is 4.79 Å². The molecule has 0 saturated carbocycles. The fourth-order valence-corrected chi connectivity index (χ4v) is 1.39. The van der Waals surface area contributed by atoms with Gasteiger partial charge in [0, 0.05) is 12.8 Å². The quantitative estimate of drug-likeness (QED) is 0.652. The van der Waals surface area contributed by atoms with Crippen molar-refractivity contribution in [2.24, 2.45) is 0 Å². The number of aldehydes is 1. The van der Waals surface area contributed by atoms with E-state index in [1.165, 1.54) is 0 Å². The highest BCUT2D eigenvalue weighted by atomic mass is 16.3. The summed E-state index contributed by atoms with van der Waals surface area (Å²) in [6.45, 7) is 4.18. The summed E-state index contributed by atoms with van der Waals surface area (Å²) < 4.78 is 5.56. The lowest BCUT2D eigenvalue weighted by molar-refractivity contribution is 0.112. The zero-order chi connectivity index (χ0) is 9.68. The minimum Gasteiger partial charge on any atom is -0.465 e. The molecule has 0 atom stereocenters. The van der Waals surface area contributed by atoms with Crippen molar-refractivity contribution >= 4 is 6.29 Å². The largest absolute Gasteiger partial charge is 0.465 e. The first kappa shape index (κ1) is 10.0. The van der Waals surface area contributed by atoms with E-state index in [0.717, 1.165) is 49.1 Å². The molecule has 72 valence electrons. The normalized spacial score (nSPS) is 10.3. The molecule has 1 aromatic heterocycles. The molecule has 0 fully saturated rings. The molecule has 0 unspecified atom stereocenters. The number of furan rings is 1. The van der Waals surface area contributed by atoms with E-state index in [0.29, 0.717) is 0 Å². The highest BCUT2D eigenvalue weighted by Gasteiger charge is 2.08. The molecule has 0 N–H and O–H groups in total. The van der Waals surface area contributed by atoms with Crippen molar-refractivity contribution in [2.75, 3.05) is 0 Å². The van der Waals surface area contributed by atoms with Crippen molar-refractivity contribution in [3.63, 3.8) is 0 Å². The molecular formula is C11H16O2.